The fourth-order valence-electron chi connectivity index (χ4n) is 2.49. The second-order valence-electron chi connectivity index (χ2n) is 5.11. The van der Waals surface area contributed by atoms with Gasteiger partial charge in [0.05, 0.1) is 19.1 Å². The van der Waals surface area contributed by atoms with Crippen LogP contribution in [0.1, 0.15) is 24.9 Å². The number of carboxylic acid groups (broad SMARTS) is 1. The SMILES string of the molecule is CCC(C(=O)O)C(Nc1ccccc1)c1ccc(OC)cc1. The van der Waals surface area contributed by atoms with Crippen LogP contribution in [0.3, 0.4) is 0 Å². The Hall–Kier alpha value is -2.49. The Kier molecular flexibility index (Phi) is 5.42. The van der Waals surface area contributed by atoms with Crippen LogP contribution in [0.4, 0.5) is 5.69 Å². The second kappa shape index (κ2) is 7.50. The van der Waals surface area contributed by atoms with E-state index in [1.54, 1.807) is 7.11 Å². The molecule has 0 fully saturated rings. The molecule has 116 valence electrons. The van der Waals surface area contributed by atoms with Crippen molar-refractivity contribution in [1.82, 2.24) is 0 Å². The maximum absolute atomic E-state index is 11.6. The number of carbonyl (C=O) groups is 1. The maximum atomic E-state index is 11.6. The predicted molar refractivity (Wildman–Crippen MR) is 87.2 cm³/mol. The second-order valence-corrected chi connectivity index (χ2v) is 5.11. The lowest BCUT2D eigenvalue weighted by atomic mass is 9.90. The number of para-hydroxylation sites is 1. The molecule has 0 heterocycles. The highest BCUT2D eigenvalue weighted by molar-refractivity contribution is 5.72. The number of benzene rings is 2. The van der Waals surface area contributed by atoms with Gasteiger partial charge in [0.1, 0.15) is 5.75 Å². The van der Waals surface area contributed by atoms with Gasteiger partial charge in [0.25, 0.3) is 0 Å². The van der Waals surface area contributed by atoms with Gasteiger partial charge in [-0.25, -0.2) is 0 Å². The molecule has 0 aromatic heterocycles. The van der Waals surface area contributed by atoms with Gasteiger partial charge < -0.3 is 15.2 Å². The van der Waals surface area contributed by atoms with Crippen LogP contribution >= 0.6 is 0 Å². The number of methoxy groups -OCH3 is 1. The predicted octanol–water partition coefficient (Wildman–Crippen LogP) is 3.96. The lowest BCUT2D eigenvalue weighted by Gasteiger charge is -2.26. The van der Waals surface area contributed by atoms with Gasteiger partial charge in [0.2, 0.25) is 0 Å². The lowest BCUT2D eigenvalue weighted by molar-refractivity contribution is -0.142. The van der Waals surface area contributed by atoms with Gasteiger partial charge in [-0.2, -0.15) is 0 Å². The molecule has 0 aliphatic rings. The van der Waals surface area contributed by atoms with Gasteiger partial charge in [-0.3, -0.25) is 4.79 Å². The summed E-state index contributed by atoms with van der Waals surface area (Å²) >= 11 is 0. The highest BCUT2D eigenvalue weighted by Crippen LogP contribution is 2.30. The summed E-state index contributed by atoms with van der Waals surface area (Å²) in [5, 5.41) is 12.9. The molecule has 2 unspecified atom stereocenters. The zero-order chi connectivity index (χ0) is 15.9. The van der Waals surface area contributed by atoms with Crippen molar-refractivity contribution in [1.29, 1.82) is 0 Å². The summed E-state index contributed by atoms with van der Waals surface area (Å²) < 4.78 is 5.16. The Morgan fingerprint density at radius 3 is 2.27 bits per heavy atom. The number of hydrogen-bond acceptors (Lipinski definition) is 3. The van der Waals surface area contributed by atoms with Crippen molar-refractivity contribution in [2.24, 2.45) is 5.92 Å². The molecule has 0 aliphatic heterocycles. The minimum atomic E-state index is -0.799. The van der Waals surface area contributed by atoms with Crippen LogP contribution in [-0.2, 0) is 4.79 Å². The smallest absolute Gasteiger partial charge is 0.308 e. The zero-order valence-electron chi connectivity index (χ0n) is 12.8. The number of carboxylic acids is 1. The Labute approximate surface area is 130 Å². The normalized spacial score (nSPS) is 13.2. The highest BCUT2D eigenvalue weighted by atomic mass is 16.5. The van der Waals surface area contributed by atoms with E-state index in [9.17, 15) is 9.90 Å². The van der Waals surface area contributed by atoms with Gasteiger partial charge in [-0.05, 0) is 36.2 Å². The molecule has 0 amide bonds. The summed E-state index contributed by atoms with van der Waals surface area (Å²) in [6.07, 6.45) is 0.547. The third kappa shape index (κ3) is 3.79. The fourth-order valence-corrected chi connectivity index (χ4v) is 2.49. The Balaban J connectivity index is 2.33. The van der Waals surface area contributed by atoms with Crippen molar-refractivity contribution in [2.45, 2.75) is 19.4 Å². The van der Waals surface area contributed by atoms with E-state index in [4.69, 9.17) is 4.74 Å². The van der Waals surface area contributed by atoms with Crippen LogP contribution in [0.25, 0.3) is 0 Å². The van der Waals surface area contributed by atoms with Crippen LogP contribution in [0.2, 0.25) is 0 Å². The summed E-state index contributed by atoms with van der Waals surface area (Å²) in [4.78, 5) is 11.6. The first kappa shape index (κ1) is 15.9. The Bertz CT molecular complexity index is 595. The van der Waals surface area contributed by atoms with Crippen molar-refractivity contribution in [3.63, 3.8) is 0 Å². The first-order chi connectivity index (χ1) is 10.7. The molecule has 2 aromatic carbocycles. The topological polar surface area (TPSA) is 58.6 Å². The van der Waals surface area contributed by atoms with Crippen LogP contribution in [0.15, 0.2) is 54.6 Å². The van der Waals surface area contributed by atoms with Crippen molar-refractivity contribution >= 4 is 11.7 Å². The summed E-state index contributed by atoms with van der Waals surface area (Å²) in [6, 6.07) is 16.9. The first-order valence-electron chi connectivity index (χ1n) is 7.34. The van der Waals surface area contributed by atoms with Gasteiger partial charge >= 0.3 is 5.97 Å². The molecule has 0 saturated heterocycles. The molecule has 2 aromatic rings. The number of hydrogen-bond donors (Lipinski definition) is 2. The number of rotatable bonds is 7. The number of nitrogens with one attached hydrogen (secondary N) is 1. The monoisotopic (exact) mass is 299 g/mol. The highest BCUT2D eigenvalue weighted by Gasteiger charge is 2.28. The molecule has 4 nitrogen and oxygen atoms in total. The van der Waals surface area contributed by atoms with Crippen molar-refractivity contribution in [3.05, 3.63) is 60.2 Å². The van der Waals surface area contributed by atoms with Gasteiger partial charge in [0, 0.05) is 5.69 Å². The first-order valence-corrected chi connectivity index (χ1v) is 7.34. The van der Waals surface area contributed by atoms with E-state index in [1.807, 2.05) is 61.5 Å². The molecular weight excluding hydrogens is 278 g/mol. The molecule has 22 heavy (non-hydrogen) atoms. The third-order valence-corrected chi connectivity index (χ3v) is 3.73. The molecule has 2 N–H and O–H groups in total. The molecule has 0 saturated carbocycles. The standard InChI is InChI=1S/C18H21NO3/c1-3-16(18(20)21)17(19-14-7-5-4-6-8-14)13-9-11-15(22-2)12-10-13/h4-12,16-17,19H,3H2,1-2H3,(H,20,21). The van der Waals surface area contributed by atoms with Crippen molar-refractivity contribution < 1.29 is 14.6 Å². The average molecular weight is 299 g/mol. The molecule has 2 rings (SSSR count). The minimum Gasteiger partial charge on any atom is -0.497 e. The van der Waals surface area contributed by atoms with E-state index >= 15 is 0 Å². The number of ether oxygens (including phenoxy) is 1. The van der Waals surface area contributed by atoms with E-state index in [-0.39, 0.29) is 6.04 Å². The lowest BCUT2D eigenvalue weighted by Crippen LogP contribution is -2.27. The molecular formula is C18H21NO3. The fraction of sp³-hybridized carbons (Fsp3) is 0.278. The number of anilines is 1. The van der Waals surface area contributed by atoms with Crippen LogP contribution in [-0.4, -0.2) is 18.2 Å². The quantitative estimate of drug-likeness (QED) is 0.812. The van der Waals surface area contributed by atoms with Crippen molar-refractivity contribution in [3.8, 4) is 5.75 Å². The average Bonchev–Trinajstić information content (AvgIpc) is 2.55. The van der Waals surface area contributed by atoms with E-state index in [2.05, 4.69) is 5.32 Å². The summed E-state index contributed by atoms with van der Waals surface area (Å²) in [6.45, 7) is 1.89. The zero-order valence-corrected chi connectivity index (χ0v) is 12.8. The van der Waals surface area contributed by atoms with E-state index < -0.39 is 11.9 Å². The van der Waals surface area contributed by atoms with Crippen LogP contribution in [0, 0.1) is 5.92 Å². The largest absolute Gasteiger partial charge is 0.497 e. The third-order valence-electron chi connectivity index (χ3n) is 3.73. The Morgan fingerprint density at radius 2 is 1.77 bits per heavy atom. The van der Waals surface area contributed by atoms with Gasteiger partial charge in [0.15, 0.2) is 0 Å². The molecule has 4 heteroatoms. The van der Waals surface area contributed by atoms with E-state index in [1.165, 1.54) is 0 Å². The van der Waals surface area contributed by atoms with Gasteiger partial charge in [-0.15, -0.1) is 0 Å². The Morgan fingerprint density at radius 1 is 1.14 bits per heavy atom. The number of aliphatic carboxylic acids is 1. The minimum absolute atomic E-state index is 0.296. The summed E-state index contributed by atoms with van der Waals surface area (Å²) in [7, 11) is 1.61. The molecule has 0 spiro atoms. The maximum Gasteiger partial charge on any atom is 0.308 e. The molecule has 0 bridgehead atoms. The van der Waals surface area contributed by atoms with E-state index in [0.29, 0.717) is 6.42 Å². The summed E-state index contributed by atoms with van der Waals surface area (Å²) in [5.74, 6) is -0.550. The molecule has 0 radical (unpaired) electrons. The summed E-state index contributed by atoms with van der Waals surface area (Å²) in [5.41, 5.74) is 1.84. The van der Waals surface area contributed by atoms with E-state index in [0.717, 1.165) is 17.0 Å². The van der Waals surface area contributed by atoms with Crippen molar-refractivity contribution in [2.75, 3.05) is 12.4 Å². The molecule has 0 aliphatic carbocycles. The molecule has 2 atom stereocenters. The van der Waals surface area contributed by atoms with Crippen LogP contribution in [0.5, 0.6) is 5.75 Å². The van der Waals surface area contributed by atoms with Gasteiger partial charge in [-0.1, -0.05) is 37.3 Å². The van der Waals surface area contributed by atoms with Crippen LogP contribution < -0.4 is 10.1 Å².